The van der Waals surface area contributed by atoms with Gasteiger partial charge in [0, 0.05) is 0 Å². The highest BCUT2D eigenvalue weighted by Gasteiger charge is 1.84. The molecule has 130 valence electrons. The molecule has 0 spiro atoms. The lowest BCUT2D eigenvalue weighted by Crippen LogP contribution is -1.74. The van der Waals surface area contributed by atoms with Crippen LogP contribution in [0.15, 0.2) is 24.3 Å². The van der Waals surface area contributed by atoms with Crippen molar-refractivity contribution >= 4 is 0 Å². The van der Waals surface area contributed by atoms with Crippen molar-refractivity contribution in [1.29, 1.82) is 0 Å². The molecule has 1 rings (SSSR count). The van der Waals surface area contributed by atoms with Crippen LogP contribution in [0.5, 0.6) is 0 Å². The second-order valence-corrected chi connectivity index (χ2v) is 6.21. The molecule has 0 saturated heterocycles. The lowest BCUT2D eigenvalue weighted by atomic mass is 10.1. The van der Waals surface area contributed by atoms with Crippen molar-refractivity contribution in [2.45, 2.75) is 106 Å². The summed E-state index contributed by atoms with van der Waals surface area (Å²) in [6.45, 7) is 13.2. The highest BCUT2D eigenvalue weighted by molar-refractivity contribution is 5.23. The van der Waals surface area contributed by atoms with Crippen LogP contribution >= 0.6 is 0 Å². The Hall–Kier alpha value is -0.780. The first-order valence-corrected chi connectivity index (χ1v) is 9.66. The molecule has 0 unspecified atom stereocenters. The molecular formula is C22H42. The molecule has 0 radical (unpaired) electrons. The molecule has 0 aromatic heterocycles. The molecule has 0 amide bonds. The van der Waals surface area contributed by atoms with E-state index in [4.69, 9.17) is 0 Å². The number of benzene rings is 1. The maximum atomic E-state index is 2.25. The Kier molecular flexibility index (Phi) is 21.6. The first kappa shape index (κ1) is 23.5. The molecule has 0 nitrogen and oxygen atoms in total. The zero-order valence-corrected chi connectivity index (χ0v) is 16.4. The minimum absolute atomic E-state index is 1.36. The number of hydrogen-bond acceptors (Lipinski definition) is 0. The molecule has 0 heterocycles. The van der Waals surface area contributed by atoms with E-state index in [9.17, 15) is 0 Å². The third kappa shape index (κ3) is 19.2. The van der Waals surface area contributed by atoms with E-state index >= 15 is 0 Å². The summed E-state index contributed by atoms with van der Waals surface area (Å²) in [6, 6.07) is 8.36. The Bertz CT molecular complexity index is 262. The van der Waals surface area contributed by atoms with E-state index in [2.05, 4.69) is 65.8 Å². The van der Waals surface area contributed by atoms with Crippen LogP contribution in [0.2, 0.25) is 0 Å². The fourth-order valence-corrected chi connectivity index (χ4v) is 2.02. The van der Waals surface area contributed by atoms with Gasteiger partial charge < -0.3 is 0 Å². The van der Waals surface area contributed by atoms with Crippen LogP contribution in [0, 0.1) is 13.8 Å². The van der Waals surface area contributed by atoms with Crippen LogP contribution in [0.25, 0.3) is 0 Å². The summed E-state index contributed by atoms with van der Waals surface area (Å²) in [5.74, 6) is 0. The first-order chi connectivity index (χ1) is 10.6. The topological polar surface area (TPSA) is 0 Å². The predicted molar refractivity (Wildman–Crippen MR) is 105 cm³/mol. The zero-order valence-electron chi connectivity index (χ0n) is 16.4. The summed E-state index contributed by atoms with van der Waals surface area (Å²) in [7, 11) is 0. The van der Waals surface area contributed by atoms with Gasteiger partial charge in [-0.1, -0.05) is 116 Å². The SMILES string of the molecule is CCCCCCC.CCCCCCC.Cc1ccccc1C. The third-order valence-corrected chi connectivity index (χ3v) is 3.84. The van der Waals surface area contributed by atoms with Gasteiger partial charge in [0.2, 0.25) is 0 Å². The van der Waals surface area contributed by atoms with E-state index < -0.39 is 0 Å². The van der Waals surface area contributed by atoms with Gasteiger partial charge >= 0.3 is 0 Å². The molecule has 0 saturated carbocycles. The first-order valence-electron chi connectivity index (χ1n) is 9.66. The van der Waals surface area contributed by atoms with E-state index in [1.165, 1.54) is 75.3 Å². The number of hydrogen-bond donors (Lipinski definition) is 0. The molecular weight excluding hydrogens is 264 g/mol. The van der Waals surface area contributed by atoms with E-state index in [0.717, 1.165) is 0 Å². The minimum Gasteiger partial charge on any atom is -0.0654 e. The zero-order chi connectivity index (χ0) is 17.1. The molecule has 0 aliphatic rings. The minimum atomic E-state index is 1.36. The van der Waals surface area contributed by atoms with Crippen molar-refractivity contribution in [3.63, 3.8) is 0 Å². The van der Waals surface area contributed by atoms with E-state index in [-0.39, 0.29) is 0 Å². The summed E-state index contributed by atoms with van der Waals surface area (Å²) >= 11 is 0. The highest BCUT2D eigenvalue weighted by atomic mass is 13.9. The molecule has 0 atom stereocenters. The largest absolute Gasteiger partial charge is 0.0654 e. The van der Waals surface area contributed by atoms with Crippen LogP contribution in [0.4, 0.5) is 0 Å². The van der Waals surface area contributed by atoms with Gasteiger partial charge in [-0.3, -0.25) is 0 Å². The second kappa shape index (κ2) is 20.2. The van der Waals surface area contributed by atoms with Crippen LogP contribution in [0.1, 0.15) is 103 Å². The molecule has 22 heavy (non-hydrogen) atoms. The van der Waals surface area contributed by atoms with Crippen LogP contribution in [-0.4, -0.2) is 0 Å². The van der Waals surface area contributed by atoms with Crippen LogP contribution in [0.3, 0.4) is 0 Å². The van der Waals surface area contributed by atoms with Gasteiger partial charge in [0.05, 0.1) is 0 Å². The highest BCUT2D eigenvalue weighted by Crippen LogP contribution is 2.03. The Morgan fingerprint density at radius 1 is 0.500 bits per heavy atom. The van der Waals surface area contributed by atoms with Crippen LogP contribution in [-0.2, 0) is 0 Å². The average Bonchev–Trinajstić information content (AvgIpc) is 2.53. The van der Waals surface area contributed by atoms with Crippen molar-refractivity contribution in [2.24, 2.45) is 0 Å². The number of rotatable bonds is 8. The molecule has 0 fully saturated rings. The fraction of sp³-hybridized carbons (Fsp3) is 0.727. The Morgan fingerprint density at radius 2 is 0.773 bits per heavy atom. The molecule has 0 heteroatoms. The van der Waals surface area contributed by atoms with Crippen LogP contribution < -0.4 is 0 Å². The summed E-state index contributed by atoms with van der Waals surface area (Å²) in [5.41, 5.74) is 2.74. The molecule has 0 aliphatic heterocycles. The molecule has 0 bridgehead atoms. The van der Waals surface area contributed by atoms with E-state index in [0.29, 0.717) is 0 Å². The standard InChI is InChI=1S/C8H10.2C7H16/c1-7-5-3-4-6-8(7)2;2*1-3-5-7-6-4-2/h3-6H,1-2H3;2*3-7H2,1-2H3. The van der Waals surface area contributed by atoms with E-state index in [1.807, 2.05) is 0 Å². The van der Waals surface area contributed by atoms with E-state index in [1.54, 1.807) is 0 Å². The van der Waals surface area contributed by atoms with Gasteiger partial charge in [0.1, 0.15) is 0 Å². The second-order valence-electron chi connectivity index (χ2n) is 6.21. The monoisotopic (exact) mass is 306 g/mol. The normalized spacial score (nSPS) is 9.36. The summed E-state index contributed by atoms with van der Waals surface area (Å²) in [6.07, 6.45) is 14.0. The van der Waals surface area contributed by atoms with Gasteiger partial charge in [-0.25, -0.2) is 0 Å². The number of unbranched alkanes of at least 4 members (excludes halogenated alkanes) is 8. The molecule has 1 aromatic carbocycles. The molecule has 1 aromatic rings. The summed E-state index contributed by atoms with van der Waals surface area (Å²) in [4.78, 5) is 0. The lowest BCUT2D eigenvalue weighted by molar-refractivity contribution is 0.656. The van der Waals surface area contributed by atoms with Gasteiger partial charge in [-0.05, 0) is 25.0 Å². The van der Waals surface area contributed by atoms with Gasteiger partial charge in [0.15, 0.2) is 0 Å². The van der Waals surface area contributed by atoms with Gasteiger partial charge in [-0.2, -0.15) is 0 Å². The Morgan fingerprint density at radius 3 is 0.955 bits per heavy atom. The third-order valence-electron chi connectivity index (χ3n) is 3.84. The van der Waals surface area contributed by atoms with Crippen molar-refractivity contribution < 1.29 is 0 Å². The Balaban J connectivity index is 0. The van der Waals surface area contributed by atoms with Gasteiger partial charge in [0.25, 0.3) is 0 Å². The molecule has 0 aliphatic carbocycles. The lowest BCUT2D eigenvalue weighted by Gasteiger charge is -1.93. The van der Waals surface area contributed by atoms with Crippen molar-refractivity contribution in [2.75, 3.05) is 0 Å². The quantitative estimate of drug-likeness (QED) is 0.424. The smallest absolute Gasteiger partial charge is 0.0395 e. The predicted octanol–water partition coefficient (Wildman–Crippen LogP) is 8.26. The van der Waals surface area contributed by atoms with Gasteiger partial charge in [-0.15, -0.1) is 0 Å². The summed E-state index contributed by atoms with van der Waals surface area (Å²) < 4.78 is 0. The maximum Gasteiger partial charge on any atom is -0.0395 e. The van der Waals surface area contributed by atoms with Crippen molar-refractivity contribution in [3.05, 3.63) is 35.4 Å². The molecule has 0 N–H and O–H groups in total. The van der Waals surface area contributed by atoms with Crippen molar-refractivity contribution in [1.82, 2.24) is 0 Å². The average molecular weight is 307 g/mol. The Labute approximate surface area is 141 Å². The maximum absolute atomic E-state index is 2.25. The fourth-order valence-electron chi connectivity index (χ4n) is 2.02. The number of aryl methyl sites for hydroxylation is 2. The van der Waals surface area contributed by atoms with Crippen molar-refractivity contribution in [3.8, 4) is 0 Å². The summed E-state index contributed by atoms with van der Waals surface area (Å²) in [5, 5.41) is 0.